The Bertz CT molecular complexity index is 310. The molecule has 0 saturated carbocycles. The van der Waals surface area contributed by atoms with E-state index in [-0.39, 0.29) is 12.8 Å². The van der Waals surface area contributed by atoms with Crippen LogP contribution >= 0.6 is 0 Å². The van der Waals surface area contributed by atoms with Gasteiger partial charge in [-0.15, -0.1) is 0 Å². The predicted octanol–water partition coefficient (Wildman–Crippen LogP) is 2.39. The predicted molar refractivity (Wildman–Crippen MR) is 60.9 cm³/mol. The Balaban J connectivity index is 2.77. The monoisotopic (exact) mass is 209 g/mol. The summed E-state index contributed by atoms with van der Waals surface area (Å²) in [5.41, 5.74) is 8.02. The van der Waals surface area contributed by atoms with Crippen molar-refractivity contribution in [2.24, 2.45) is 5.73 Å². The van der Waals surface area contributed by atoms with Crippen LogP contribution in [0.15, 0.2) is 18.2 Å². The molecular formula is C12H19NO2. The summed E-state index contributed by atoms with van der Waals surface area (Å²) in [5, 5.41) is 0. The molecule has 1 aromatic carbocycles. The van der Waals surface area contributed by atoms with Crippen LogP contribution in [-0.2, 0) is 4.74 Å². The molecule has 3 heteroatoms. The highest BCUT2D eigenvalue weighted by Gasteiger charge is 2.07. The van der Waals surface area contributed by atoms with Crippen molar-refractivity contribution in [1.82, 2.24) is 0 Å². The molecule has 0 saturated heterocycles. The van der Waals surface area contributed by atoms with E-state index >= 15 is 0 Å². The summed E-state index contributed by atoms with van der Waals surface area (Å²) in [5.74, 6) is 0.818. The van der Waals surface area contributed by atoms with Crippen LogP contribution in [0.1, 0.15) is 31.0 Å². The molecule has 0 aliphatic carbocycles. The molecule has 0 fully saturated rings. The molecule has 84 valence electrons. The van der Waals surface area contributed by atoms with Crippen molar-refractivity contribution >= 4 is 0 Å². The maximum absolute atomic E-state index is 5.85. The summed E-state index contributed by atoms with van der Waals surface area (Å²) in [6.07, 6.45) is 0. The van der Waals surface area contributed by atoms with Gasteiger partial charge in [0.25, 0.3) is 0 Å². The van der Waals surface area contributed by atoms with Crippen molar-refractivity contribution in [3.8, 4) is 5.75 Å². The zero-order chi connectivity index (χ0) is 11.3. The normalized spacial score (nSPS) is 12.5. The topological polar surface area (TPSA) is 44.5 Å². The molecule has 0 bridgehead atoms. The second-order valence-electron chi connectivity index (χ2n) is 3.58. The second kappa shape index (κ2) is 5.73. The minimum Gasteiger partial charge on any atom is -0.467 e. The minimum atomic E-state index is -0.0257. The van der Waals surface area contributed by atoms with Crippen LogP contribution in [0.3, 0.4) is 0 Å². The van der Waals surface area contributed by atoms with Crippen molar-refractivity contribution in [2.75, 3.05) is 13.4 Å². The molecule has 15 heavy (non-hydrogen) atoms. The molecule has 1 rings (SSSR count). The maximum atomic E-state index is 5.85. The van der Waals surface area contributed by atoms with E-state index in [1.165, 1.54) is 0 Å². The lowest BCUT2D eigenvalue weighted by molar-refractivity contribution is 0.0217. The van der Waals surface area contributed by atoms with Gasteiger partial charge in [0.05, 0.1) is 0 Å². The number of nitrogens with two attached hydrogens (primary N) is 1. The molecule has 1 unspecified atom stereocenters. The van der Waals surface area contributed by atoms with Crippen molar-refractivity contribution in [1.29, 1.82) is 0 Å². The van der Waals surface area contributed by atoms with Crippen LogP contribution in [0.25, 0.3) is 0 Å². The molecule has 0 aromatic heterocycles. The van der Waals surface area contributed by atoms with E-state index in [0.29, 0.717) is 6.61 Å². The third-order valence-corrected chi connectivity index (χ3v) is 2.16. The Hall–Kier alpha value is -1.06. The van der Waals surface area contributed by atoms with Gasteiger partial charge in [0.15, 0.2) is 6.79 Å². The molecule has 0 spiro atoms. The van der Waals surface area contributed by atoms with Crippen LogP contribution in [0.2, 0.25) is 0 Å². The first-order valence-electron chi connectivity index (χ1n) is 5.21. The first kappa shape index (κ1) is 12.0. The average Bonchev–Trinajstić information content (AvgIpc) is 2.18. The summed E-state index contributed by atoms with van der Waals surface area (Å²) in [4.78, 5) is 0. The smallest absolute Gasteiger partial charge is 0.189 e. The molecule has 2 N–H and O–H groups in total. The van der Waals surface area contributed by atoms with Crippen molar-refractivity contribution < 1.29 is 9.47 Å². The zero-order valence-electron chi connectivity index (χ0n) is 9.62. The van der Waals surface area contributed by atoms with Gasteiger partial charge in [0.2, 0.25) is 0 Å². The Morgan fingerprint density at radius 1 is 1.40 bits per heavy atom. The molecular weight excluding hydrogens is 190 g/mol. The fourth-order valence-electron chi connectivity index (χ4n) is 1.33. The average molecular weight is 209 g/mol. The third-order valence-electron chi connectivity index (χ3n) is 2.16. The maximum Gasteiger partial charge on any atom is 0.189 e. The molecule has 1 aromatic rings. The lowest BCUT2D eigenvalue weighted by Gasteiger charge is -2.14. The van der Waals surface area contributed by atoms with Gasteiger partial charge in [-0.2, -0.15) is 0 Å². The summed E-state index contributed by atoms with van der Waals surface area (Å²) >= 11 is 0. The second-order valence-corrected chi connectivity index (χ2v) is 3.58. The van der Waals surface area contributed by atoms with Gasteiger partial charge in [0, 0.05) is 18.2 Å². The van der Waals surface area contributed by atoms with Crippen LogP contribution < -0.4 is 10.5 Å². The van der Waals surface area contributed by atoms with Crippen LogP contribution in [-0.4, -0.2) is 13.4 Å². The van der Waals surface area contributed by atoms with Crippen molar-refractivity contribution in [3.05, 3.63) is 29.3 Å². The van der Waals surface area contributed by atoms with Gasteiger partial charge in [-0.05, 0) is 32.4 Å². The van der Waals surface area contributed by atoms with Gasteiger partial charge < -0.3 is 15.2 Å². The number of rotatable bonds is 5. The largest absolute Gasteiger partial charge is 0.467 e. The molecule has 0 amide bonds. The molecule has 3 nitrogen and oxygen atoms in total. The van der Waals surface area contributed by atoms with E-state index in [4.69, 9.17) is 15.2 Å². The minimum absolute atomic E-state index is 0.0257. The SMILES string of the molecule is CCOCOc1cc(C)ccc1C(C)N. The number of aryl methyl sites for hydroxylation is 1. The number of hydrogen-bond acceptors (Lipinski definition) is 3. The van der Waals surface area contributed by atoms with Crippen LogP contribution in [0.5, 0.6) is 5.75 Å². The Labute approximate surface area is 91.2 Å². The van der Waals surface area contributed by atoms with Gasteiger partial charge >= 0.3 is 0 Å². The first-order chi connectivity index (χ1) is 7.15. The molecule has 1 atom stereocenters. The Morgan fingerprint density at radius 2 is 2.13 bits per heavy atom. The van der Waals surface area contributed by atoms with Gasteiger partial charge in [-0.25, -0.2) is 0 Å². The Kier molecular flexibility index (Phi) is 4.59. The van der Waals surface area contributed by atoms with E-state index in [1.54, 1.807) is 0 Å². The first-order valence-corrected chi connectivity index (χ1v) is 5.21. The molecule has 0 aliphatic heterocycles. The number of ether oxygens (including phenoxy) is 2. The van der Waals surface area contributed by atoms with Crippen molar-refractivity contribution in [2.45, 2.75) is 26.8 Å². The summed E-state index contributed by atoms with van der Waals surface area (Å²) < 4.78 is 10.7. The van der Waals surface area contributed by atoms with Gasteiger partial charge in [-0.3, -0.25) is 0 Å². The lowest BCUT2D eigenvalue weighted by atomic mass is 10.1. The number of benzene rings is 1. The van der Waals surface area contributed by atoms with Crippen molar-refractivity contribution in [3.63, 3.8) is 0 Å². The molecule has 0 radical (unpaired) electrons. The zero-order valence-corrected chi connectivity index (χ0v) is 9.62. The van der Waals surface area contributed by atoms with Crippen LogP contribution in [0, 0.1) is 6.92 Å². The highest BCUT2D eigenvalue weighted by molar-refractivity contribution is 5.38. The van der Waals surface area contributed by atoms with Gasteiger partial charge in [0.1, 0.15) is 5.75 Å². The van der Waals surface area contributed by atoms with E-state index in [1.807, 2.05) is 39.0 Å². The van der Waals surface area contributed by atoms with E-state index < -0.39 is 0 Å². The standard InChI is InChI=1S/C12H19NO2/c1-4-14-8-15-12-7-9(2)5-6-11(12)10(3)13/h5-7,10H,4,8,13H2,1-3H3. The molecule has 0 heterocycles. The van der Waals surface area contributed by atoms with Crippen LogP contribution in [0.4, 0.5) is 0 Å². The van der Waals surface area contributed by atoms with E-state index in [2.05, 4.69) is 0 Å². The third kappa shape index (κ3) is 3.53. The summed E-state index contributed by atoms with van der Waals surface area (Å²) in [7, 11) is 0. The summed E-state index contributed by atoms with van der Waals surface area (Å²) in [6.45, 7) is 6.84. The fourth-order valence-corrected chi connectivity index (χ4v) is 1.33. The van der Waals surface area contributed by atoms with E-state index in [9.17, 15) is 0 Å². The highest BCUT2D eigenvalue weighted by Crippen LogP contribution is 2.24. The Morgan fingerprint density at radius 3 is 2.73 bits per heavy atom. The quantitative estimate of drug-likeness (QED) is 0.598. The van der Waals surface area contributed by atoms with E-state index in [0.717, 1.165) is 16.9 Å². The fraction of sp³-hybridized carbons (Fsp3) is 0.500. The summed E-state index contributed by atoms with van der Waals surface area (Å²) in [6, 6.07) is 5.99. The lowest BCUT2D eigenvalue weighted by Crippen LogP contribution is -2.10. The van der Waals surface area contributed by atoms with Gasteiger partial charge in [-0.1, -0.05) is 12.1 Å². The molecule has 0 aliphatic rings. The number of hydrogen-bond donors (Lipinski definition) is 1. The highest BCUT2D eigenvalue weighted by atomic mass is 16.7.